The Morgan fingerprint density at radius 3 is 2.82 bits per heavy atom. The van der Waals surface area contributed by atoms with E-state index >= 15 is 0 Å². The van der Waals surface area contributed by atoms with Crippen molar-refractivity contribution < 1.29 is 8.42 Å². The average molecular weight is 258 g/mol. The predicted molar refractivity (Wildman–Crippen MR) is 66.9 cm³/mol. The molecule has 0 aromatic rings. The van der Waals surface area contributed by atoms with Gasteiger partial charge in [-0.3, -0.25) is 4.99 Å². The lowest BCUT2D eigenvalue weighted by molar-refractivity contribution is 0.308. The van der Waals surface area contributed by atoms with Crippen molar-refractivity contribution in [3.8, 4) is 0 Å². The maximum atomic E-state index is 11.7. The largest absolute Gasteiger partial charge is 0.332 e. The zero-order valence-electron chi connectivity index (χ0n) is 10.3. The molecular formula is C10H18N4O2S. The van der Waals surface area contributed by atoms with Gasteiger partial charge in [-0.1, -0.05) is 0 Å². The van der Waals surface area contributed by atoms with Crippen LogP contribution in [0.15, 0.2) is 16.8 Å². The lowest BCUT2D eigenvalue weighted by atomic mass is 10.1. The van der Waals surface area contributed by atoms with Crippen LogP contribution >= 0.6 is 0 Å². The molecule has 1 N–H and O–H groups in total. The van der Waals surface area contributed by atoms with Crippen molar-refractivity contribution >= 4 is 16.0 Å². The highest BCUT2D eigenvalue weighted by Gasteiger charge is 2.31. The van der Waals surface area contributed by atoms with Crippen LogP contribution in [0.5, 0.6) is 0 Å². The third kappa shape index (κ3) is 2.36. The Morgan fingerprint density at radius 1 is 1.47 bits per heavy atom. The van der Waals surface area contributed by atoms with Gasteiger partial charge in [0, 0.05) is 25.8 Å². The van der Waals surface area contributed by atoms with Crippen LogP contribution in [-0.4, -0.2) is 56.2 Å². The first-order chi connectivity index (χ1) is 7.94. The van der Waals surface area contributed by atoms with E-state index in [1.54, 1.807) is 0 Å². The minimum Gasteiger partial charge on any atom is -0.332 e. The standard InChI is InChI=1S/C10H18N4O2S/c1-8-6-10-7-13(17(15,16)11-3)4-5-14(10)9(2)12-8/h6,8,11H,4-5,7H2,1-3H3. The molecule has 0 bridgehead atoms. The number of nitrogens with zero attached hydrogens (tertiary/aromatic N) is 3. The van der Waals surface area contributed by atoms with Crippen molar-refractivity contribution in [2.24, 2.45) is 4.99 Å². The van der Waals surface area contributed by atoms with E-state index in [-0.39, 0.29) is 6.04 Å². The highest BCUT2D eigenvalue weighted by molar-refractivity contribution is 7.87. The number of amidine groups is 1. The molecule has 17 heavy (non-hydrogen) atoms. The van der Waals surface area contributed by atoms with Crippen LogP contribution in [0.1, 0.15) is 13.8 Å². The summed E-state index contributed by atoms with van der Waals surface area (Å²) >= 11 is 0. The van der Waals surface area contributed by atoms with E-state index in [1.807, 2.05) is 19.9 Å². The highest BCUT2D eigenvalue weighted by Crippen LogP contribution is 2.21. The van der Waals surface area contributed by atoms with Crippen LogP contribution < -0.4 is 4.72 Å². The van der Waals surface area contributed by atoms with Crippen LogP contribution in [0.3, 0.4) is 0 Å². The van der Waals surface area contributed by atoms with Gasteiger partial charge in [0.25, 0.3) is 10.2 Å². The molecule has 6 nitrogen and oxygen atoms in total. The van der Waals surface area contributed by atoms with Crippen LogP contribution in [0.4, 0.5) is 0 Å². The molecule has 96 valence electrons. The molecule has 1 atom stereocenters. The first kappa shape index (κ1) is 12.5. The minimum absolute atomic E-state index is 0.124. The van der Waals surface area contributed by atoms with Gasteiger partial charge in [0.15, 0.2) is 0 Å². The normalized spacial score (nSPS) is 26.3. The van der Waals surface area contributed by atoms with Crippen LogP contribution in [0, 0.1) is 0 Å². The second-order valence-corrected chi connectivity index (χ2v) is 6.14. The molecule has 1 saturated heterocycles. The molecule has 0 spiro atoms. The zero-order chi connectivity index (χ0) is 12.6. The van der Waals surface area contributed by atoms with Gasteiger partial charge in [0.05, 0.1) is 12.6 Å². The maximum Gasteiger partial charge on any atom is 0.279 e. The molecule has 2 rings (SSSR count). The smallest absolute Gasteiger partial charge is 0.279 e. The van der Waals surface area contributed by atoms with E-state index in [9.17, 15) is 8.42 Å². The summed E-state index contributed by atoms with van der Waals surface area (Å²) in [6, 6.07) is 0.124. The second-order valence-electron chi connectivity index (χ2n) is 4.27. The Morgan fingerprint density at radius 2 is 2.18 bits per heavy atom. The Bertz CT molecular complexity index is 469. The van der Waals surface area contributed by atoms with E-state index < -0.39 is 10.2 Å². The highest BCUT2D eigenvalue weighted by atomic mass is 32.2. The van der Waals surface area contributed by atoms with Gasteiger partial charge in [0.2, 0.25) is 0 Å². The quantitative estimate of drug-likeness (QED) is 0.744. The molecule has 2 aliphatic rings. The Balaban J connectivity index is 2.20. The zero-order valence-corrected chi connectivity index (χ0v) is 11.2. The first-order valence-corrected chi connectivity index (χ1v) is 7.09. The predicted octanol–water partition coefficient (Wildman–Crippen LogP) is -0.227. The number of piperazine rings is 1. The molecule has 0 amide bonds. The topological polar surface area (TPSA) is 65.0 Å². The molecule has 1 unspecified atom stereocenters. The Labute approximate surface area is 102 Å². The Kier molecular flexibility index (Phi) is 3.24. The third-order valence-electron chi connectivity index (χ3n) is 3.07. The van der Waals surface area contributed by atoms with E-state index in [0.717, 1.165) is 11.5 Å². The number of fused-ring (bicyclic) bond motifs is 1. The minimum atomic E-state index is -3.33. The van der Waals surface area contributed by atoms with Gasteiger partial charge >= 0.3 is 0 Å². The first-order valence-electron chi connectivity index (χ1n) is 5.65. The van der Waals surface area contributed by atoms with Crippen molar-refractivity contribution in [3.05, 3.63) is 11.8 Å². The van der Waals surface area contributed by atoms with Gasteiger partial charge in [-0.2, -0.15) is 12.7 Å². The van der Waals surface area contributed by atoms with Gasteiger partial charge in [-0.05, 0) is 19.9 Å². The van der Waals surface area contributed by atoms with E-state index in [0.29, 0.717) is 19.6 Å². The lowest BCUT2D eigenvalue weighted by Crippen LogP contribution is -2.52. The van der Waals surface area contributed by atoms with Gasteiger partial charge in [-0.25, -0.2) is 4.72 Å². The molecule has 1 fully saturated rings. The van der Waals surface area contributed by atoms with Crippen molar-refractivity contribution in [1.29, 1.82) is 0 Å². The fraction of sp³-hybridized carbons (Fsp3) is 0.700. The van der Waals surface area contributed by atoms with Gasteiger partial charge in [-0.15, -0.1) is 0 Å². The number of rotatable bonds is 2. The molecule has 7 heteroatoms. The summed E-state index contributed by atoms with van der Waals surface area (Å²) in [5.41, 5.74) is 1.02. The van der Waals surface area contributed by atoms with Crippen molar-refractivity contribution in [2.75, 3.05) is 26.7 Å². The number of aliphatic imine (C=N–C) groups is 1. The van der Waals surface area contributed by atoms with Crippen LogP contribution in [0.2, 0.25) is 0 Å². The third-order valence-corrected chi connectivity index (χ3v) is 4.58. The van der Waals surface area contributed by atoms with Crippen molar-refractivity contribution in [2.45, 2.75) is 19.9 Å². The fourth-order valence-electron chi connectivity index (χ4n) is 2.23. The van der Waals surface area contributed by atoms with Gasteiger partial charge in [0.1, 0.15) is 5.84 Å². The SMILES string of the molecule is CNS(=O)(=O)N1CCN2C(=CC(C)N=C2C)C1. The van der Waals surface area contributed by atoms with Crippen LogP contribution in [0.25, 0.3) is 0 Å². The number of nitrogens with one attached hydrogen (secondary N) is 1. The van der Waals surface area contributed by atoms with Gasteiger partial charge < -0.3 is 4.90 Å². The lowest BCUT2D eigenvalue weighted by Gasteiger charge is -2.39. The van der Waals surface area contributed by atoms with Crippen molar-refractivity contribution in [1.82, 2.24) is 13.9 Å². The van der Waals surface area contributed by atoms with E-state index in [2.05, 4.69) is 14.6 Å². The summed E-state index contributed by atoms with van der Waals surface area (Å²) in [4.78, 5) is 6.54. The summed E-state index contributed by atoms with van der Waals surface area (Å²) in [6.45, 7) is 5.53. The van der Waals surface area contributed by atoms with Crippen molar-refractivity contribution in [3.63, 3.8) is 0 Å². The molecule has 2 heterocycles. The monoisotopic (exact) mass is 258 g/mol. The second kappa shape index (κ2) is 4.40. The maximum absolute atomic E-state index is 11.7. The molecule has 0 aromatic heterocycles. The molecule has 0 saturated carbocycles. The summed E-state index contributed by atoms with van der Waals surface area (Å²) in [5, 5.41) is 0. The van der Waals surface area contributed by atoms with E-state index in [4.69, 9.17) is 0 Å². The molecule has 0 radical (unpaired) electrons. The summed E-state index contributed by atoms with van der Waals surface area (Å²) in [7, 11) is -1.89. The molecule has 0 aromatic carbocycles. The summed E-state index contributed by atoms with van der Waals surface area (Å²) in [6.07, 6.45) is 2.02. The number of hydrogen-bond acceptors (Lipinski definition) is 4. The molecule has 2 aliphatic heterocycles. The average Bonchev–Trinajstić information content (AvgIpc) is 2.28. The molecule has 0 aliphatic carbocycles. The molecular weight excluding hydrogens is 240 g/mol. The van der Waals surface area contributed by atoms with E-state index in [1.165, 1.54) is 11.4 Å². The summed E-state index contributed by atoms with van der Waals surface area (Å²) < 4.78 is 27.3. The van der Waals surface area contributed by atoms with Crippen LogP contribution in [-0.2, 0) is 10.2 Å². The number of hydrogen-bond donors (Lipinski definition) is 1. The fourth-order valence-corrected chi connectivity index (χ4v) is 3.11. The Hall–Kier alpha value is -0.920. The summed E-state index contributed by atoms with van der Waals surface area (Å²) in [5.74, 6) is 0.969.